The molecule has 1 spiro atoms. The third kappa shape index (κ3) is 2.66. The van der Waals surface area contributed by atoms with Crippen LogP contribution in [-0.2, 0) is 14.3 Å². The van der Waals surface area contributed by atoms with Gasteiger partial charge in [0, 0.05) is 26.2 Å². The van der Waals surface area contributed by atoms with Crippen LogP contribution in [0.5, 0.6) is 0 Å². The highest BCUT2D eigenvalue weighted by Crippen LogP contribution is 2.38. The van der Waals surface area contributed by atoms with Crippen molar-refractivity contribution in [2.24, 2.45) is 5.41 Å². The van der Waals surface area contributed by atoms with E-state index in [9.17, 15) is 9.59 Å². The van der Waals surface area contributed by atoms with E-state index in [4.69, 9.17) is 4.74 Å². The fourth-order valence-corrected chi connectivity index (χ4v) is 2.87. The zero-order chi connectivity index (χ0) is 13.0. The van der Waals surface area contributed by atoms with Crippen LogP contribution in [0, 0.1) is 5.41 Å². The molecule has 5 heteroatoms. The van der Waals surface area contributed by atoms with E-state index >= 15 is 0 Å². The number of likely N-dealkylation sites (tertiary alicyclic amines) is 1. The summed E-state index contributed by atoms with van der Waals surface area (Å²) in [6.45, 7) is 4.76. The van der Waals surface area contributed by atoms with Gasteiger partial charge in [0.25, 0.3) is 0 Å². The molecular formula is C13H22N2O3. The van der Waals surface area contributed by atoms with E-state index < -0.39 is 0 Å². The molecule has 2 heterocycles. The monoisotopic (exact) mass is 254 g/mol. The quantitative estimate of drug-likeness (QED) is 0.800. The van der Waals surface area contributed by atoms with Gasteiger partial charge < -0.3 is 15.0 Å². The standard InChI is InChI=1S/C13H22N2O3/c1-2-18-10-11(16)15-8-5-13(6-9-15)4-3-7-14-12(13)17/h2-10H2,1H3,(H,14,17). The summed E-state index contributed by atoms with van der Waals surface area (Å²) < 4.78 is 5.14. The van der Waals surface area contributed by atoms with Gasteiger partial charge >= 0.3 is 0 Å². The lowest BCUT2D eigenvalue weighted by Crippen LogP contribution is -2.53. The van der Waals surface area contributed by atoms with E-state index in [2.05, 4.69) is 5.32 Å². The van der Waals surface area contributed by atoms with Gasteiger partial charge in [0.15, 0.2) is 0 Å². The van der Waals surface area contributed by atoms with Gasteiger partial charge in [-0.3, -0.25) is 9.59 Å². The first kappa shape index (κ1) is 13.3. The highest BCUT2D eigenvalue weighted by molar-refractivity contribution is 5.84. The maximum Gasteiger partial charge on any atom is 0.248 e. The van der Waals surface area contributed by atoms with Gasteiger partial charge in [0.05, 0.1) is 5.41 Å². The average Bonchev–Trinajstić information content (AvgIpc) is 2.40. The molecule has 0 bridgehead atoms. The molecule has 0 saturated carbocycles. The Morgan fingerprint density at radius 3 is 2.72 bits per heavy atom. The zero-order valence-electron chi connectivity index (χ0n) is 11.0. The van der Waals surface area contributed by atoms with Gasteiger partial charge in [-0.1, -0.05) is 0 Å². The number of amides is 2. The normalized spacial score (nSPS) is 22.9. The van der Waals surface area contributed by atoms with Crippen molar-refractivity contribution in [3.05, 3.63) is 0 Å². The summed E-state index contributed by atoms with van der Waals surface area (Å²) in [4.78, 5) is 25.6. The first-order valence-electron chi connectivity index (χ1n) is 6.82. The van der Waals surface area contributed by atoms with Crippen LogP contribution in [0.3, 0.4) is 0 Å². The molecule has 102 valence electrons. The average molecular weight is 254 g/mol. The first-order chi connectivity index (χ1) is 8.68. The van der Waals surface area contributed by atoms with Gasteiger partial charge in [-0.2, -0.15) is 0 Å². The van der Waals surface area contributed by atoms with Crippen LogP contribution in [0.4, 0.5) is 0 Å². The summed E-state index contributed by atoms with van der Waals surface area (Å²) in [5.41, 5.74) is -0.208. The largest absolute Gasteiger partial charge is 0.372 e. The van der Waals surface area contributed by atoms with Crippen LogP contribution < -0.4 is 5.32 Å². The van der Waals surface area contributed by atoms with Gasteiger partial charge in [-0.15, -0.1) is 0 Å². The lowest BCUT2D eigenvalue weighted by atomic mass is 9.72. The molecule has 2 fully saturated rings. The van der Waals surface area contributed by atoms with Crippen molar-refractivity contribution in [3.8, 4) is 0 Å². The van der Waals surface area contributed by atoms with E-state index in [0.717, 1.165) is 32.2 Å². The number of rotatable bonds is 3. The minimum Gasteiger partial charge on any atom is -0.372 e. The number of nitrogens with one attached hydrogen (secondary N) is 1. The molecule has 0 atom stereocenters. The van der Waals surface area contributed by atoms with Crippen molar-refractivity contribution in [1.82, 2.24) is 10.2 Å². The van der Waals surface area contributed by atoms with Crippen LogP contribution >= 0.6 is 0 Å². The van der Waals surface area contributed by atoms with Crippen molar-refractivity contribution < 1.29 is 14.3 Å². The highest BCUT2D eigenvalue weighted by Gasteiger charge is 2.43. The summed E-state index contributed by atoms with van der Waals surface area (Å²) in [7, 11) is 0. The predicted molar refractivity (Wildman–Crippen MR) is 67.0 cm³/mol. The molecule has 5 nitrogen and oxygen atoms in total. The molecule has 0 aromatic heterocycles. The first-order valence-corrected chi connectivity index (χ1v) is 6.82. The Morgan fingerprint density at radius 2 is 2.11 bits per heavy atom. The van der Waals surface area contributed by atoms with Gasteiger partial charge in [0.2, 0.25) is 11.8 Å². The van der Waals surface area contributed by atoms with E-state index in [1.807, 2.05) is 11.8 Å². The second-order valence-electron chi connectivity index (χ2n) is 5.16. The maximum absolute atomic E-state index is 12.0. The van der Waals surface area contributed by atoms with Crippen molar-refractivity contribution >= 4 is 11.8 Å². The molecule has 0 radical (unpaired) electrons. The van der Waals surface area contributed by atoms with Crippen LogP contribution in [-0.4, -0.2) is 49.6 Å². The SMILES string of the molecule is CCOCC(=O)N1CCC2(CCCNC2=O)CC1. The van der Waals surface area contributed by atoms with Crippen LogP contribution in [0.15, 0.2) is 0 Å². The Balaban J connectivity index is 1.87. The van der Waals surface area contributed by atoms with Crippen LogP contribution in [0.2, 0.25) is 0 Å². The molecule has 2 aliphatic heterocycles. The summed E-state index contributed by atoms with van der Waals surface area (Å²) in [5.74, 6) is 0.230. The van der Waals surface area contributed by atoms with Crippen molar-refractivity contribution in [2.75, 3.05) is 32.8 Å². The highest BCUT2D eigenvalue weighted by atomic mass is 16.5. The number of piperidine rings is 2. The predicted octanol–water partition coefficient (Wildman–Crippen LogP) is 0.542. The fourth-order valence-electron chi connectivity index (χ4n) is 2.87. The fraction of sp³-hybridized carbons (Fsp3) is 0.846. The molecule has 18 heavy (non-hydrogen) atoms. The van der Waals surface area contributed by atoms with Gasteiger partial charge in [-0.25, -0.2) is 0 Å². The minimum atomic E-state index is -0.208. The molecule has 0 aromatic rings. The van der Waals surface area contributed by atoms with Crippen molar-refractivity contribution in [3.63, 3.8) is 0 Å². The molecule has 0 unspecified atom stereocenters. The smallest absolute Gasteiger partial charge is 0.248 e. The molecule has 0 aliphatic carbocycles. The zero-order valence-corrected chi connectivity index (χ0v) is 11.0. The van der Waals surface area contributed by atoms with E-state index in [1.54, 1.807) is 0 Å². The molecule has 2 rings (SSSR count). The summed E-state index contributed by atoms with van der Waals surface area (Å²) in [6.07, 6.45) is 3.60. The van der Waals surface area contributed by atoms with Crippen molar-refractivity contribution in [2.45, 2.75) is 32.6 Å². The van der Waals surface area contributed by atoms with Crippen LogP contribution in [0.1, 0.15) is 32.6 Å². The molecule has 2 amide bonds. The lowest BCUT2D eigenvalue weighted by molar-refractivity contribution is -0.144. The second kappa shape index (κ2) is 5.69. The Bertz CT molecular complexity index is 322. The number of carbonyl (C=O) groups excluding carboxylic acids is 2. The third-order valence-electron chi connectivity index (χ3n) is 4.10. The Labute approximate surface area is 108 Å². The molecule has 0 aromatic carbocycles. The van der Waals surface area contributed by atoms with E-state index in [1.165, 1.54) is 0 Å². The molecule has 2 aliphatic rings. The molecule has 1 N–H and O–H groups in total. The number of hydrogen-bond acceptors (Lipinski definition) is 3. The number of nitrogens with zero attached hydrogens (tertiary/aromatic N) is 1. The lowest BCUT2D eigenvalue weighted by Gasteiger charge is -2.42. The maximum atomic E-state index is 12.0. The minimum absolute atomic E-state index is 0.0444. The van der Waals surface area contributed by atoms with Gasteiger partial charge in [-0.05, 0) is 32.6 Å². The molecule has 2 saturated heterocycles. The summed E-state index contributed by atoms with van der Waals surface area (Å²) >= 11 is 0. The third-order valence-corrected chi connectivity index (χ3v) is 4.10. The second-order valence-corrected chi connectivity index (χ2v) is 5.16. The summed E-state index contributed by atoms with van der Waals surface area (Å²) in [6, 6.07) is 0. The van der Waals surface area contributed by atoms with Crippen LogP contribution in [0.25, 0.3) is 0 Å². The number of ether oxygens (including phenoxy) is 1. The van der Waals surface area contributed by atoms with Gasteiger partial charge in [0.1, 0.15) is 6.61 Å². The Morgan fingerprint density at radius 1 is 1.39 bits per heavy atom. The topological polar surface area (TPSA) is 58.6 Å². The van der Waals surface area contributed by atoms with Crippen molar-refractivity contribution in [1.29, 1.82) is 0 Å². The Kier molecular flexibility index (Phi) is 4.22. The van der Waals surface area contributed by atoms with E-state index in [-0.39, 0.29) is 23.8 Å². The number of hydrogen-bond donors (Lipinski definition) is 1. The number of carbonyl (C=O) groups is 2. The molecular weight excluding hydrogens is 232 g/mol. The summed E-state index contributed by atoms with van der Waals surface area (Å²) in [5, 5.41) is 2.95. The Hall–Kier alpha value is -1.10. The van der Waals surface area contributed by atoms with E-state index in [0.29, 0.717) is 19.7 Å².